The largest absolute Gasteiger partial charge is 0.416 e. The van der Waals surface area contributed by atoms with Gasteiger partial charge in [0.05, 0.1) is 5.56 Å². The Kier molecular flexibility index (Phi) is 6.64. The maximum absolute atomic E-state index is 12.7. The van der Waals surface area contributed by atoms with Crippen LogP contribution in [0.1, 0.15) is 28.8 Å². The Morgan fingerprint density at radius 3 is 2.40 bits per heavy atom. The molecule has 1 N–H and O–H groups in total. The molecule has 6 nitrogen and oxygen atoms in total. The van der Waals surface area contributed by atoms with E-state index in [0.717, 1.165) is 22.6 Å². The third-order valence-corrected chi connectivity index (χ3v) is 5.87. The van der Waals surface area contributed by atoms with Crippen molar-refractivity contribution in [3.63, 3.8) is 0 Å². The van der Waals surface area contributed by atoms with Gasteiger partial charge in [-0.05, 0) is 30.5 Å². The molecule has 1 aliphatic rings. The number of hydrogen-bond acceptors (Lipinski definition) is 4. The number of nitrogens with one attached hydrogen (secondary N) is 1. The number of urea groups is 1. The molecule has 0 spiro atoms. The van der Waals surface area contributed by atoms with Crippen LogP contribution < -0.4 is 5.32 Å². The van der Waals surface area contributed by atoms with Gasteiger partial charge in [-0.1, -0.05) is 12.1 Å². The molecule has 1 aliphatic heterocycles. The third kappa shape index (κ3) is 5.50. The number of alkyl halides is 3. The van der Waals surface area contributed by atoms with Crippen LogP contribution in [-0.4, -0.2) is 53.9 Å². The lowest BCUT2D eigenvalue weighted by Gasteiger charge is -2.32. The number of hydrogen-bond donors (Lipinski definition) is 1. The second-order valence-electron chi connectivity index (χ2n) is 7.43. The van der Waals surface area contributed by atoms with Crippen molar-refractivity contribution >= 4 is 28.4 Å². The first-order chi connectivity index (χ1) is 14.1. The number of piperidine rings is 1. The Bertz CT molecular complexity index is 888. The van der Waals surface area contributed by atoms with Gasteiger partial charge in [0.1, 0.15) is 0 Å². The number of thiazole rings is 1. The summed E-state index contributed by atoms with van der Waals surface area (Å²) in [5.41, 5.74) is 0.0595. The lowest BCUT2D eigenvalue weighted by molar-refractivity contribution is -0.137. The van der Waals surface area contributed by atoms with Gasteiger partial charge in [-0.3, -0.25) is 4.79 Å². The highest BCUT2D eigenvalue weighted by atomic mass is 32.1. The molecule has 0 aliphatic carbocycles. The number of benzene rings is 1. The fourth-order valence-corrected chi connectivity index (χ4v) is 4.13. The third-order valence-electron chi connectivity index (χ3n) is 4.96. The molecule has 0 radical (unpaired) electrons. The van der Waals surface area contributed by atoms with E-state index in [4.69, 9.17) is 0 Å². The van der Waals surface area contributed by atoms with E-state index < -0.39 is 11.7 Å². The van der Waals surface area contributed by atoms with E-state index in [1.54, 1.807) is 25.2 Å². The second-order valence-corrected chi connectivity index (χ2v) is 8.55. The summed E-state index contributed by atoms with van der Waals surface area (Å²) < 4.78 is 38.0. The molecule has 1 saturated heterocycles. The number of carbonyl (C=O) groups is 2. The number of halogens is 3. The maximum Gasteiger partial charge on any atom is 0.416 e. The van der Waals surface area contributed by atoms with Crippen molar-refractivity contribution < 1.29 is 22.8 Å². The number of rotatable bonds is 4. The van der Waals surface area contributed by atoms with Crippen LogP contribution in [0.25, 0.3) is 0 Å². The predicted octanol–water partition coefficient (Wildman–Crippen LogP) is 4.08. The Balaban J connectivity index is 1.52. The lowest BCUT2D eigenvalue weighted by atomic mass is 9.96. The van der Waals surface area contributed by atoms with Crippen molar-refractivity contribution in [2.24, 2.45) is 5.92 Å². The van der Waals surface area contributed by atoms with Crippen LogP contribution in [0.2, 0.25) is 0 Å². The molecule has 2 heterocycles. The van der Waals surface area contributed by atoms with Crippen LogP contribution >= 0.6 is 11.3 Å². The number of anilines is 1. The Labute approximate surface area is 176 Å². The van der Waals surface area contributed by atoms with Gasteiger partial charge < -0.3 is 15.1 Å². The maximum atomic E-state index is 12.7. The van der Waals surface area contributed by atoms with Gasteiger partial charge in [0.15, 0.2) is 5.13 Å². The van der Waals surface area contributed by atoms with Crippen LogP contribution in [0.15, 0.2) is 30.5 Å². The van der Waals surface area contributed by atoms with Crippen LogP contribution in [0.5, 0.6) is 0 Å². The highest BCUT2D eigenvalue weighted by Crippen LogP contribution is 2.30. The number of aromatic nitrogens is 1. The zero-order chi connectivity index (χ0) is 21.9. The molecule has 0 atom stereocenters. The van der Waals surface area contributed by atoms with Gasteiger partial charge in [0, 0.05) is 50.6 Å². The summed E-state index contributed by atoms with van der Waals surface area (Å²) in [4.78, 5) is 32.8. The summed E-state index contributed by atoms with van der Waals surface area (Å²) in [6, 6.07) is 4.97. The zero-order valence-corrected chi connectivity index (χ0v) is 17.5. The molecule has 0 bridgehead atoms. The summed E-state index contributed by atoms with van der Waals surface area (Å²) in [6.07, 6.45) is -1.10. The first kappa shape index (κ1) is 22.1. The van der Waals surface area contributed by atoms with Crippen molar-refractivity contribution in [1.82, 2.24) is 14.8 Å². The quantitative estimate of drug-likeness (QED) is 0.779. The molecular weight excluding hydrogens is 417 g/mol. The molecule has 0 saturated carbocycles. The molecule has 1 aromatic carbocycles. The van der Waals surface area contributed by atoms with Crippen LogP contribution in [-0.2, 0) is 17.4 Å². The van der Waals surface area contributed by atoms with E-state index in [1.165, 1.54) is 28.4 Å². The molecule has 2 aromatic rings. The smallest absolute Gasteiger partial charge is 0.331 e. The van der Waals surface area contributed by atoms with Crippen molar-refractivity contribution in [1.29, 1.82) is 0 Å². The predicted molar refractivity (Wildman–Crippen MR) is 108 cm³/mol. The van der Waals surface area contributed by atoms with E-state index in [9.17, 15) is 22.8 Å². The first-order valence-electron chi connectivity index (χ1n) is 9.51. The SMILES string of the molecule is CN(C)C(=O)N1CCC(C(=O)Nc2ncc(Cc3ccc(C(F)(F)F)cc3)s2)CC1. The monoisotopic (exact) mass is 440 g/mol. The second kappa shape index (κ2) is 9.03. The number of likely N-dealkylation sites (tertiary alicyclic amines) is 1. The fourth-order valence-electron chi connectivity index (χ4n) is 3.28. The Hall–Kier alpha value is -2.62. The molecule has 1 aromatic heterocycles. The van der Waals surface area contributed by atoms with Gasteiger partial charge in [-0.2, -0.15) is 13.2 Å². The summed E-state index contributed by atoms with van der Waals surface area (Å²) in [7, 11) is 3.40. The van der Waals surface area contributed by atoms with Gasteiger partial charge >= 0.3 is 12.2 Å². The molecule has 30 heavy (non-hydrogen) atoms. The standard InChI is InChI=1S/C20H23F3N4O2S/c1-26(2)19(29)27-9-7-14(8-10-27)17(28)25-18-24-12-16(30-18)11-13-3-5-15(6-4-13)20(21,22)23/h3-6,12,14H,7-11H2,1-2H3,(H,24,25,28). The minimum Gasteiger partial charge on any atom is -0.331 e. The summed E-state index contributed by atoms with van der Waals surface area (Å²) in [5, 5.41) is 3.29. The van der Waals surface area contributed by atoms with Crippen LogP contribution in [0.3, 0.4) is 0 Å². The molecule has 10 heteroatoms. The van der Waals surface area contributed by atoms with Gasteiger partial charge in [0.2, 0.25) is 5.91 Å². The summed E-state index contributed by atoms with van der Waals surface area (Å²) >= 11 is 1.30. The summed E-state index contributed by atoms with van der Waals surface area (Å²) in [5.74, 6) is -0.305. The minimum atomic E-state index is -4.35. The Morgan fingerprint density at radius 1 is 1.20 bits per heavy atom. The molecular formula is C20H23F3N4O2S. The van der Waals surface area contributed by atoms with Crippen molar-refractivity contribution in [3.05, 3.63) is 46.5 Å². The fraction of sp³-hybridized carbons (Fsp3) is 0.450. The van der Waals surface area contributed by atoms with Gasteiger partial charge in [0.25, 0.3) is 0 Å². The lowest BCUT2D eigenvalue weighted by Crippen LogP contribution is -2.45. The van der Waals surface area contributed by atoms with E-state index in [-0.39, 0.29) is 17.9 Å². The molecule has 0 unspecified atom stereocenters. The van der Waals surface area contributed by atoms with E-state index in [1.807, 2.05) is 0 Å². The number of nitrogens with zero attached hydrogens (tertiary/aromatic N) is 3. The molecule has 3 amide bonds. The van der Waals surface area contributed by atoms with Crippen molar-refractivity contribution in [2.75, 3.05) is 32.5 Å². The highest BCUT2D eigenvalue weighted by molar-refractivity contribution is 7.15. The minimum absolute atomic E-state index is 0.0540. The van der Waals surface area contributed by atoms with Crippen molar-refractivity contribution in [2.45, 2.75) is 25.4 Å². The van der Waals surface area contributed by atoms with Gasteiger partial charge in [-0.15, -0.1) is 11.3 Å². The number of amides is 3. The normalized spacial score (nSPS) is 15.2. The average Bonchev–Trinajstić information content (AvgIpc) is 3.13. The molecule has 1 fully saturated rings. The Morgan fingerprint density at radius 2 is 1.83 bits per heavy atom. The number of carbonyl (C=O) groups excluding carboxylic acids is 2. The summed E-state index contributed by atoms with van der Waals surface area (Å²) in [6.45, 7) is 1.07. The molecule has 162 valence electrons. The average molecular weight is 440 g/mol. The zero-order valence-electron chi connectivity index (χ0n) is 16.7. The van der Waals surface area contributed by atoms with Crippen LogP contribution in [0, 0.1) is 5.92 Å². The van der Waals surface area contributed by atoms with E-state index in [0.29, 0.717) is 37.5 Å². The van der Waals surface area contributed by atoms with Crippen molar-refractivity contribution in [3.8, 4) is 0 Å². The van der Waals surface area contributed by atoms with E-state index in [2.05, 4.69) is 10.3 Å². The first-order valence-corrected chi connectivity index (χ1v) is 10.3. The topological polar surface area (TPSA) is 65.5 Å². The van der Waals surface area contributed by atoms with E-state index >= 15 is 0 Å². The highest BCUT2D eigenvalue weighted by Gasteiger charge is 2.30. The molecule has 3 rings (SSSR count). The van der Waals surface area contributed by atoms with Gasteiger partial charge in [-0.25, -0.2) is 9.78 Å². The van der Waals surface area contributed by atoms with Crippen LogP contribution in [0.4, 0.5) is 23.1 Å².